The van der Waals surface area contributed by atoms with Crippen LogP contribution in [0, 0.1) is 0 Å². The van der Waals surface area contributed by atoms with Gasteiger partial charge in [-0.15, -0.1) is 0 Å². The zero-order chi connectivity index (χ0) is 16.0. The van der Waals surface area contributed by atoms with Crippen molar-refractivity contribution in [3.05, 3.63) is 24.3 Å². The summed E-state index contributed by atoms with van der Waals surface area (Å²) in [6.07, 6.45) is 0.337. The molecule has 22 heavy (non-hydrogen) atoms. The first-order valence-corrected chi connectivity index (χ1v) is 10.2. The van der Waals surface area contributed by atoms with Crippen LogP contribution in [-0.2, 0) is 20.0 Å². The fraction of sp³-hybridized carbons (Fsp3) is 0.538. The highest BCUT2D eigenvalue weighted by atomic mass is 32.2. The minimum Gasteiger partial charge on any atom is -0.489 e. The molecule has 3 rings (SSSR count). The second-order valence-electron chi connectivity index (χ2n) is 5.47. The second kappa shape index (κ2) is 5.39. The summed E-state index contributed by atoms with van der Waals surface area (Å²) in [6, 6.07) is 6.42. The van der Waals surface area contributed by atoms with E-state index in [0.29, 0.717) is 17.9 Å². The molecule has 1 saturated heterocycles. The smallest absolute Gasteiger partial charge is 0.304 e. The van der Waals surface area contributed by atoms with E-state index in [1.807, 2.05) is 0 Å². The summed E-state index contributed by atoms with van der Waals surface area (Å²) >= 11 is 0. The third-order valence-electron chi connectivity index (χ3n) is 4.05. The summed E-state index contributed by atoms with van der Waals surface area (Å²) in [5.41, 5.74) is 0.487. The van der Waals surface area contributed by atoms with Crippen molar-refractivity contribution in [3.63, 3.8) is 0 Å². The standard InChI is InChI=1S/C13H18N2O5S2/c1-14(11-6-9-21(16,17)10-11)22(18,19)15-7-8-20-13-5-3-2-4-12(13)15/h2-5,11H,6-10H2,1H3. The Hall–Kier alpha value is -1.32. The van der Waals surface area contributed by atoms with Crippen molar-refractivity contribution in [1.82, 2.24) is 4.31 Å². The van der Waals surface area contributed by atoms with E-state index in [1.54, 1.807) is 24.3 Å². The van der Waals surface area contributed by atoms with E-state index in [0.717, 1.165) is 0 Å². The first kappa shape index (κ1) is 15.6. The third kappa shape index (κ3) is 2.68. The number of fused-ring (bicyclic) bond motifs is 1. The SMILES string of the molecule is CN(C1CCS(=O)(=O)C1)S(=O)(=O)N1CCOc2ccccc21. The number of rotatable bonds is 3. The van der Waals surface area contributed by atoms with E-state index in [-0.39, 0.29) is 24.7 Å². The summed E-state index contributed by atoms with van der Waals surface area (Å²) in [7, 11) is -5.48. The molecule has 0 saturated carbocycles. The van der Waals surface area contributed by atoms with Gasteiger partial charge in [-0.1, -0.05) is 12.1 Å². The van der Waals surface area contributed by atoms with Gasteiger partial charge in [-0.05, 0) is 18.6 Å². The summed E-state index contributed by atoms with van der Waals surface area (Å²) in [5.74, 6) is 0.441. The molecule has 2 heterocycles. The Morgan fingerprint density at radius 1 is 1.32 bits per heavy atom. The van der Waals surface area contributed by atoms with E-state index < -0.39 is 26.1 Å². The van der Waals surface area contributed by atoms with Gasteiger partial charge in [0.1, 0.15) is 12.4 Å². The Morgan fingerprint density at radius 2 is 2.05 bits per heavy atom. The Bertz CT molecular complexity index is 775. The van der Waals surface area contributed by atoms with E-state index in [1.165, 1.54) is 15.7 Å². The van der Waals surface area contributed by atoms with Crippen LogP contribution < -0.4 is 9.04 Å². The molecule has 1 atom stereocenters. The van der Waals surface area contributed by atoms with Crippen LogP contribution in [0.4, 0.5) is 5.69 Å². The zero-order valence-electron chi connectivity index (χ0n) is 12.2. The maximum atomic E-state index is 12.8. The summed E-state index contributed by atoms with van der Waals surface area (Å²) in [5, 5.41) is 0. The fourth-order valence-corrected chi connectivity index (χ4v) is 6.23. The number of anilines is 1. The number of benzene rings is 1. The predicted octanol–water partition coefficient (Wildman–Crippen LogP) is 0.249. The number of hydrogen-bond donors (Lipinski definition) is 0. The van der Waals surface area contributed by atoms with Crippen molar-refractivity contribution in [2.75, 3.05) is 36.0 Å². The molecule has 0 bridgehead atoms. The Labute approximate surface area is 130 Å². The minimum atomic E-state index is -3.79. The predicted molar refractivity (Wildman–Crippen MR) is 83.0 cm³/mol. The molecule has 1 aromatic rings. The monoisotopic (exact) mass is 346 g/mol. The lowest BCUT2D eigenvalue weighted by Crippen LogP contribution is -2.49. The molecule has 2 aliphatic rings. The molecule has 122 valence electrons. The molecule has 2 aliphatic heterocycles. The van der Waals surface area contributed by atoms with Crippen LogP contribution in [0.25, 0.3) is 0 Å². The molecular weight excluding hydrogens is 328 g/mol. The largest absolute Gasteiger partial charge is 0.489 e. The number of hydrogen-bond acceptors (Lipinski definition) is 5. The molecule has 0 radical (unpaired) electrons. The highest BCUT2D eigenvalue weighted by molar-refractivity contribution is 7.92. The van der Waals surface area contributed by atoms with Crippen molar-refractivity contribution in [2.24, 2.45) is 0 Å². The minimum absolute atomic E-state index is 0.0389. The van der Waals surface area contributed by atoms with E-state index in [4.69, 9.17) is 4.74 Å². The molecule has 9 heteroatoms. The van der Waals surface area contributed by atoms with Gasteiger partial charge in [0, 0.05) is 13.1 Å². The van der Waals surface area contributed by atoms with Crippen molar-refractivity contribution >= 4 is 25.7 Å². The molecule has 0 aliphatic carbocycles. The third-order valence-corrected chi connectivity index (χ3v) is 7.76. The van der Waals surface area contributed by atoms with Gasteiger partial charge in [0.2, 0.25) is 0 Å². The van der Waals surface area contributed by atoms with Gasteiger partial charge in [0.25, 0.3) is 0 Å². The molecule has 7 nitrogen and oxygen atoms in total. The lowest BCUT2D eigenvalue weighted by atomic mass is 10.2. The van der Waals surface area contributed by atoms with Gasteiger partial charge in [0.15, 0.2) is 9.84 Å². The summed E-state index contributed by atoms with van der Waals surface area (Å²) < 4.78 is 56.8. The number of ether oxygens (including phenoxy) is 1. The first-order chi connectivity index (χ1) is 10.3. The van der Waals surface area contributed by atoms with Gasteiger partial charge in [-0.25, -0.2) is 8.42 Å². The molecule has 0 spiro atoms. The zero-order valence-corrected chi connectivity index (χ0v) is 13.8. The summed E-state index contributed by atoms with van der Waals surface area (Å²) in [4.78, 5) is 0. The van der Waals surface area contributed by atoms with E-state index in [9.17, 15) is 16.8 Å². The Morgan fingerprint density at radius 3 is 2.73 bits per heavy atom. The van der Waals surface area contributed by atoms with Crippen molar-refractivity contribution < 1.29 is 21.6 Å². The molecule has 1 unspecified atom stereocenters. The average Bonchev–Trinajstić information content (AvgIpc) is 2.85. The van der Waals surface area contributed by atoms with Crippen LogP contribution >= 0.6 is 0 Å². The number of para-hydroxylation sites is 2. The average molecular weight is 346 g/mol. The van der Waals surface area contributed by atoms with Crippen LogP contribution in [0.15, 0.2) is 24.3 Å². The second-order valence-corrected chi connectivity index (χ2v) is 9.61. The van der Waals surface area contributed by atoms with Crippen molar-refractivity contribution in [1.29, 1.82) is 0 Å². The van der Waals surface area contributed by atoms with Crippen molar-refractivity contribution in [2.45, 2.75) is 12.5 Å². The van der Waals surface area contributed by atoms with Crippen LogP contribution in [0.1, 0.15) is 6.42 Å². The highest BCUT2D eigenvalue weighted by Crippen LogP contribution is 2.34. The molecule has 0 amide bonds. The topological polar surface area (TPSA) is 84.0 Å². The molecule has 1 aromatic carbocycles. The Balaban J connectivity index is 1.91. The van der Waals surface area contributed by atoms with Crippen LogP contribution in [0.2, 0.25) is 0 Å². The van der Waals surface area contributed by atoms with E-state index in [2.05, 4.69) is 0 Å². The van der Waals surface area contributed by atoms with Crippen LogP contribution in [0.3, 0.4) is 0 Å². The molecule has 1 fully saturated rings. The van der Waals surface area contributed by atoms with Gasteiger partial charge in [0.05, 0.1) is 23.7 Å². The van der Waals surface area contributed by atoms with Gasteiger partial charge < -0.3 is 4.74 Å². The highest BCUT2D eigenvalue weighted by Gasteiger charge is 2.39. The maximum Gasteiger partial charge on any atom is 0.304 e. The molecular formula is C13H18N2O5S2. The lowest BCUT2D eigenvalue weighted by molar-refractivity contribution is 0.312. The van der Waals surface area contributed by atoms with Gasteiger partial charge in [-0.2, -0.15) is 12.7 Å². The maximum absolute atomic E-state index is 12.8. The molecule has 0 aromatic heterocycles. The first-order valence-electron chi connectivity index (χ1n) is 6.99. The lowest BCUT2D eigenvalue weighted by Gasteiger charge is -2.35. The Kier molecular flexibility index (Phi) is 3.82. The van der Waals surface area contributed by atoms with E-state index >= 15 is 0 Å². The normalized spacial score (nSPS) is 24.1. The van der Waals surface area contributed by atoms with Gasteiger partial charge >= 0.3 is 10.2 Å². The quantitative estimate of drug-likeness (QED) is 0.783. The fourth-order valence-electron chi connectivity index (χ4n) is 2.79. The van der Waals surface area contributed by atoms with Crippen LogP contribution in [0.5, 0.6) is 5.75 Å². The van der Waals surface area contributed by atoms with Crippen LogP contribution in [-0.4, -0.2) is 58.9 Å². The number of nitrogens with zero attached hydrogens (tertiary/aromatic N) is 2. The summed E-state index contributed by atoms with van der Waals surface area (Å²) in [6.45, 7) is 0.482. The van der Waals surface area contributed by atoms with Crippen molar-refractivity contribution in [3.8, 4) is 5.75 Å². The number of sulfone groups is 1. The van der Waals surface area contributed by atoms with Gasteiger partial charge in [-0.3, -0.25) is 4.31 Å². The molecule has 0 N–H and O–H groups in total.